The maximum absolute atomic E-state index is 14.7. The number of carbonyl (C=O) groups excluding carboxylic acids is 4. The summed E-state index contributed by atoms with van der Waals surface area (Å²) in [6.07, 6.45) is 24.6. The van der Waals surface area contributed by atoms with Crippen LogP contribution in [0, 0.1) is 82.7 Å². The number of nitrogens with zero attached hydrogens (tertiary/aromatic N) is 18. The number of rotatable bonds is 16. The number of fused-ring (bicyclic) bond motifs is 8. The lowest BCUT2D eigenvalue weighted by Gasteiger charge is -2.34. The molecule has 4 aliphatic carbocycles. The Hall–Kier alpha value is -13.4. The van der Waals surface area contributed by atoms with Crippen LogP contribution >= 0.6 is 0 Å². The molecule has 28 nitrogen and oxygen atoms in total. The number of hydrogen-bond acceptors (Lipinski definition) is 24. The summed E-state index contributed by atoms with van der Waals surface area (Å²) in [5, 5.41) is 21.4. The van der Waals surface area contributed by atoms with Crippen LogP contribution in [-0.2, 0) is 0 Å². The number of piperidine rings is 4. The van der Waals surface area contributed by atoms with Crippen LogP contribution < -0.4 is 21.3 Å². The molecule has 12 unspecified atom stereocenters. The maximum Gasteiger partial charge on any atom is 0.261 e. The Balaban J connectivity index is 0.000000113. The average Bonchev–Trinajstić information content (AvgIpc) is 1.72. The predicted octanol–water partition coefficient (Wildman–Crippen LogP) is 13.3. The molecule has 606 valence electrons. The molecular formula is C88H87F3N22O6. The van der Waals surface area contributed by atoms with Crippen molar-refractivity contribution in [3.63, 3.8) is 0 Å². The van der Waals surface area contributed by atoms with E-state index >= 15 is 0 Å². The number of nitrogens with one attached hydrogen (secondary N) is 4. The topological polar surface area (TPSA) is 336 Å². The van der Waals surface area contributed by atoms with Gasteiger partial charge in [-0.1, -0.05) is 52.8 Å². The number of pyridine rings is 2. The van der Waals surface area contributed by atoms with Crippen LogP contribution in [0.2, 0.25) is 0 Å². The molecule has 4 saturated heterocycles. The summed E-state index contributed by atoms with van der Waals surface area (Å²) in [4.78, 5) is 113. The van der Waals surface area contributed by atoms with E-state index in [1.54, 1.807) is 106 Å². The highest BCUT2D eigenvalue weighted by atomic mass is 19.1. The molecule has 0 spiro atoms. The molecule has 8 aromatic heterocycles. The summed E-state index contributed by atoms with van der Waals surface area (Å²) in [5.41, 5.74) is 6.57. The van der Waals surface area contributed by atoms with Crippen molar-refractivity contribution >= 4 is 47.0 Å². The second kappa shape index (κ2) is 33.7. The van der Waals surface area contributed by atoms with Gasteiger partial charge < -0.3 is 49.9 Å². The van der Waals surface area contributed by atoms with Crippen LogP contribution in [-0.4, -0.2) is 188 Å². The monoisotopic (exact) mass is 1600 g/mol. The molecule has 4 saturated carbocycles. The van der Waals surface area contributed by atoms with Crippen LogP contribution in [0.15, 0.2) is 186 Å². The van der Waals surface area contributed by atoms with Crippen molar-refractivity contribution in [2.45, 2.75) is 141 Å². The zero-order valence-corrected chi connectivity index (χ0v) is 66.3. The molecule has 12 atom stereocenters. The molecule has 0 radical (unpaired) electrons. The summed E-state index contributed by atoms with van der Waals surface area (Å²) in [5.74, 6) is 4.36. The van der Waals surface area contributed by atoms with Crippen LogP contribution in [0.1, 0.15) is 127 Å². The van der Waals surface area contributed by atoms with Crippen LogP contribution in [0.25, 0.3) is 45.7 Å². The third-order valence-corrected chi connectivity index (χ3v) is 23.6. The third kappa shape index (κ3) is 16.6. The first-order valence-corrected chi connectivity index (χ1v) is 40.1. The van der Waals surface area contributed by atoms with Crippen molar-refractivity contribution in [2.75, 3.05) is 47.4 Å². The van der Waals surface area contributed by atoms with Crippen molar-refractivity contribution in [1.82, 2.24) is 89.7 Å². The minimum atomic E-state index is -0.549. The lowest BCUT2D eigenvalue weighted by atomic mass is 10.0. The largest absolute Gasteiger partial charge is 0.365 e. The van der Waals surface area contributed by atoms with E-state index in [-0.39, 0.29) is 112 Å². The fraction of sp³-hybridized carbons (Fsp3) is 0.341. The molecule has 20 rings (SSSR count). The number of carbonyl (C=O) groups is 4. The van der Waals surface area contributed by atoms with E-state index in [4.69, 9.17) is 9.05 Å². The van der Waals surface area contributed by atoms with Crippen molar-refractivity contribution in [2.24, 2.45) is 23.7 Å². The summed E-state index contributed by atoms with van der Waals surface area (Å²) < 4.78 is 54.5. The van der Waals surface area contributed by atoms with Gasteiger partial charge in [0, 0.05) is 99.9 Å². The smallest absolute Gasteiger partial charge is 0.261 e. The minimum absolute atomic E-state index is 0.0141. The Labute approximate surface area is 683 Å². The number of halogens is 3. The summed E-state index contributed by atoms with van der Waals surface area (Å²) in [7, 11) is 0. The number of hydrogen-bond donors (Lipinski definition) is 4. The molecule has 119 heavy (non-hydrogen) atoms. The first-order valence-electron chi connectivity index (χ1n) is 40.1. The predicted molar refractivity (Wildman–Crippen MR) is 435 cm³/mol. The summed E-state index contributed by atoms with van der Waals surface area (Å²) in [6.45, 7) is 14.1. The van der Waals surface area contributed by atoms with E-state index in [0.29, 0.717) is 94.9 Å². The van der Waals surface area contributed by atoms with E-state index in [2.05, 4.69) is 91.4 Å². The molecule has 12 heterocycles. The van der Waals surface area contributed by atoms with Gasteiger partial charge in [-0.25, -0.2) is 58.0 Å². The number of amides is 4. The van der Waals surface area contributed by atoms with Gasteiger partial charge in [-0.2, -0.15) is 9.97 Å². The number of likely N-dealkylation sites (tertiary alicyclic amines) is 4. The molecule has 4 aliphatic heterocycles. The number of aromatic nitrogens is 14. The fourth-order valence-corrected chi connectivity index (χ4v) is 18.3. The van der Waals surface area contributed by atoms with Crippen LogP contribution in [0.4, 0.5) is 36.6 Å². The Morgan fingerprint density at radius 3 is 1.13 bits per heavy atom. The molecular weight excluding hydrogens is 1520 g/mol. The third-order valence-electron chi connectivity index (χ3n) is 23.6. The molecule has 31 heteroatoms. The highest BCUT2D eigenvalue weighted by molar-refractivity contribution is 6.03. The minimum Gasteiger partial charge on any atom is -0.365 e. The van der Waals surface area contributed by atoms with E-state index < -0.39 is 17.5 Å². The highest BCUT2D eigenvalue weighted by Crippen LogP contribution is 2.46. The lowest BCUT2D eigenvalue weighted by Crippen LogP contribution is -2.48. The molecule has 8 bridgehead atoms. The van der Waals surface area contributed by atoms with Crippen molar-refractivity contribution in [1.29, 1.82) is 0 Å². The Morgan fingerprint density at radius 1 is 0.353 bits per heavy atom. The highest BCUT2D eigenvalue weighted by Gasteiger charge is 2.52. The second-order valence-electron chi connectivity index (χ2n) is 32.0. The first-order chi connectivity index (χ1) is 57.8. The standard InChI is InChI=1S/2C22H21FN6O.C22H22FN5O2.C22H23N5O2/c1-13-10-27-19(11-26-13)28-17-8-14-9-18(17)29(12-14)22(30)15-4-2-5-16(23)20(15)21-24-6-3-7-25-21;1-13-10-26-22(27-11-13)28-17-8-14-9-18(17)29(12-14)21(30)15-4-2-5-16(23)19(15)20-24-6-3-7-25-20;1-12-6-7-19(24-10-12)26-17-8-14-9-18(17)28(11-14)22(29)15-4-3-5-16(23)20(15)21-25-13(2)27-30-21;1-13-7-8-20(23-11-13)25-18-9-15-10-19(18)27(12-15)22(28)17-6-4-3-5-16(17)21-24-14(2)26-29-21/h2-7,10-11,14,17-18H,8-9,12H2,1H3,(H,27,28);2-7,10-11,14,17-18H,8-9,12H2,1H3,(H,26,27,28);3-7,10,14,17-18H,8-9,11H2,1-2H3,(H,24,26);3-8,11,15,18-19H,9-10,12H2,1-2H3,(H,23,25). The fourth-order valence-electron chi connectivity index (χ4n) is 18.3. The van der Waals surface area contributed by atoms with Crippen molar-refractivity contribution < 1.29 is 41.4 Å². The van der Waals surface area contributed by atoms with Gasteiger partial charge in [0.25, 0.3) is 35.4 Å². The van der Waals surface area contributed by atoms with Gasteiger partial charge >= 0.3 is 0 Å². The quantitative estimate of drug-likeness (QED) is 0.0698. The lowest BCUT2D eigenvalue weighted by molar-refractivity contribution is 0.0685. The van der Waals surface area contributed by atoms with Gasteiger partial charge in [0.15, 0.2) is 23.3 Å². The average molecular weight is 1610 g/mol. The van der Waals surface area contributed by atoms with Gasteiger partial charge in [0.05, 0.1) is 86.8 Å². The number of aryl methyl sites for hydroxylation is 6. The van der Waals surface area contributed by atoms with E-state index in [9.17, 15) is 32.3 Å². The van der Waals surface area contributed by atoms with Gasteiger partial charge in [-0.05, 0) is 206 Å². The Bertz CT molecular complexity index is 5510. The Morgan fingerprint density at radius 2 is 0.731 bits per heavy atom. The number of anilines is 4. The van der Waals surface area contributed by atoms with Gasteiger partial charge in [0.2, 0.25) is 5.95 Å². The normalized spacial score (nSPS) is 22.5. The SMILES string of the molecule is Cc1ccc(NC2CC3CC2N(C(=O)c2cccc(F)c2-c2nc(C)no2)C3)nc1.Cc1ccc(NC2CC3CC2N(C(=O)c2ccccc2-c2nc(C)no2)C3)nc1.Cc1cnc(NC2CC3CC2N(C(=O)c2cccc(F)c2-c2ncccn2)C3)cn1.Cc1cnc(NC2CC3CC2N(C(=O)c2cccc(F)c2-c2ncccn2)C3)nc1. The number of benzene rings is 4. The first kappa shape index (κ1) is 78.2. The van der Waals surface area contributed by atoms with E-state index in [1.807, 2.05) is 108 Å². The molecule has 4 aromatic carbocycles. The molecule has 8 aliphatic rings. The zero-order chi connectivity index (χ0) is 82.1. The second-order valence-corrected chi connectivity index (χ2v) is 32.0. The van der Waals surface area contributed by atoms with E-state index in [1.165, 1.54) is 24.3 Å². The van der Waals surface area contributed by atoms with E-state index in [0.717, 1.165) is 91.9 Å². The maximum atomic E-state index is 14.7. The van der Waals surface area contributed by atoms with Crippen LogP contribution in [0.3, 0.4) is 0 Å². The molecule has 8 fully saturated rings. The van der Waals surface area contributed by atoms with Gasteiger partial charge in [-0.15, -0.1) is 0 Å². The van der Waals surface area contributed by atoms with Crippen molar-refractivity contribution in [3.8, 4) is 45.7 Å². The molecule has 12 aromatic rings. The zero-order valence-electron chi connectivity index (χ0n) is 66.3. The van der Waals surface area contributed by atoms with Gasteiger partial charge in [-0.3, -0.25) is 24.2 Å². The van der Waals surface area contributed by atoms with Gasteiger partial charge in [0.1, 0.15) is 34.9 Å². The molecule has 4 amide bonds. The summed E-state index contributed by atoms with van der Waals surface area (Å²) in [6, 6.07) is 33.1. The Kier molecular flexibility index (Phi) is 22.1. The van der Waals surface area contributed by atoms with Crippen molar-refractivity contribution in [3.05, 3.63) is 251 Å². The van der Waals surface area contributed by atoms with Crippen LogP contribution in [0.5, 0.6) is 0 Å². The molecule has 4 N–H and O–H groups in total. The summed E-state index contributed by atoms with van der Waals surface area (Å²) >= 11 is 0.